The van der Waals surface area contributed by atoms with Crippen LogP contribution in [-0.2, 0) is 47.7 Å². The Balaban J connectivity index is 2.42. The van der Waals surface area contributed by atoms with Crippen molar-refractivity contribution in [1.29, 1.82) is 0 Å². The zero-order valence-corrected chi connectivity index (χ0v) is 29.6. The molecule has 9 atom stereocenters. The predicted octanol–water partition coefficient (Wildman–Crippen LogP) is 4.32. The van der Waals surface area contributed by atoms with Gasteiger partial charge >= 0.3 is 29.8 Å². The third-order valence-corrected chi connectivity index (χ3v) is 9.00. The Bertz CT molecular complexity index is 1480. The molecule has 1 fully saturated rings. The van der Waals surface area contributed by atoms with E-state index < -0.39 is 101 Å². The minimum Gasteiger partial charge on any atom is -0.462 e. The van der Waals surface area contributed by atoms with E-state index in [1.165, 1.54) is 13.0 Å². The first-order chi connectivity index (χ1) is 22.7. The Hall–Kier alpha value is -4.32. The molecule has 1 N–H and O–H groups in total. The molecule has 1 aromatic rings. The number of aliphatic hydroxyl groups is 1. The Morgan fingerprint density at radius 2 is 1.39 bits per heavy atom. The second-order valence-electron chi connectivity index (χ2n) is 13.9. The van der Waals surface area contributed by atoms with Crippen molar-refractivity contribution >= 4 is 35.6 Å². The Morgan fingerprint density at radius 3 is 1.92 bits per heavy atom. The van der Waals surface area contributed by atoms with Crippen molar-refractivity contribution in [3.63, 3.8) is 0 Å². The molecule has 1 saturated carbocycles. The average Bonchev–Trinajstić information content (AvgIpc) is 3.26. The van der Waals surface area contributed by atoms with Gasteiger partial charge in [-0.05, 0) is 38.3 Å². The number of ketones is 1. The summed E-state index contributed by atoms with van der Waals surface area (Å²) in [4.78, 5) is 78.8. The maximum atomic E-state index is 14.3. The molecule has 2 aliphatic carbocycles. The largest absolute Gasteiger partial charge is 0.462 e. The number of hydrogen-bond donors (Lipinski definition) is 1. The predicted molar refractivity (Wildman–Crippen MR) is 175 cm³/mol. The second kappa shape index (κ2) is 15.5. The second-order valence-corrected chi connectivity index (χ2v) is 13.9. The molecule has 3 rings (SSSR count). The molecule has 0 aliphatic heterocycles. The minimum absolute atomic E-state index is 0.0995. The van der Waals surface area contributed by atoms with Crippen molar-refractivity contribution in [2.75, 3.05) is 0 Å². The van der Waals surface area contributed by atoms with Gasteiger partial charge < -0.3 is 28.8 Å². The third-order valence-electron chi connectivity index (χ3n) is 9.00. The van der Waals surface area contributed by atoms with E-state index in [-0.39, 0.29) is 17.6 Å². The van der Waals surface area contributed by atoms with E-state index in [4.69, 9.17) is 23.7 Å². The van der Waals surface area contributed by atoms with Crippen molar-refractivity contribution in [3.8, 4) is 0 Å². The topological polar surface area (TPSA) is 169 Å². The summed E-state index contributed by atoms with van der Waals surface area (Å²) in [7, 11) is 0. The monoisotopic (exact) mass is 684 g/mol. The van der Waals surface area contributed by atoms with Crippen LogP contribution in [0.25, 0.3) is 0 Å². The number of rotatable bonds is 7. The lowest BCUT2D eigenvalue weighted by Gasteiger charge is -2.45. The zero-order valence-electron chi connectivity index (χ0n) is 29.6. The van der Waals surface area contributed by atoms with Gasteiger partial charge in [0.05, 0.1) is 17.4 Å². The van der Waals surface area contributed by atoms with Crippen LogP contribution < -0.4 is 0 Å². The molecule has 1 aromatic carbocycles. The molecule has 12 nitrogen and oxygen atoms in total. The summed E-state index contributed by atoms with van der Waals surface area (Å²) in [6.45, 7) is 17.1. The molecule has 0 heterocycles. The van der Waals surface area contributed by atoms with Crippen LogP contribution in [0, 0.1) is 29.1 Å². The number of hydrogen-bond acceptors (Lipinski definition) is 12. The molecule has 0 aromatic heterocycles. The van der Waals surface area contributed by atoms with E-state index in [0.29, 0.717) is 0 Å². The standard InChI is InChI=1S/C37H48O12/c1-19(2)34(42)48-30-22(5)29(46-24(7)39)27-28(45-23(6)38)21(4)18-37(27,44)33(49-35(43)26-14-12-11-13-15-26)20(3)16-17-36(9,10)32(41)31(30)47-25(8)40/h11-17,19-21,27-31,33,44H,5,18H2,1-4,6-10H3/b17-16-/t20-,21-,27+,28-,29-,30+,31+,33-,37+/m0/s1. The van der Waals surface area contributed by atoms with Gasteiger partial charge in [0.25, 0.3) is 0 Å². The van der Waals surface area contributed by atoms with Crippen LogP contribution in [-0.4, -0.2) is 76.9 Å². The van der Waals surface area contributed by atoms with E-state index in [0.717, 1.165) is 13.8 Å². The number of carbonyl (C=O) groups excluding carboxylic acids is 6. The molecule has 0 spiro atoms. The highest BCUT2D eigenvalue weighted by atomic mass is 16.6. The van der Waals surface area contributed by atoms with E-state index >= 15 is 0 Å². The lowest BCUT2D eigenvalue weighted by molar-refractivity contribution is -0.185. The van der Waals surface area contributed by atoms with Gasteiger partial charge in [0.15, 0.2) is 11.9 Å². The number of benzene rings is 1. The highest BCUT2D eigenvalue weighted by Crippen LogP contribution is 2.51. The normalized spacial score (nSPS) is 32.1. The molecular formula is C37H48O12. The van der Waals surface area contributed by atoms with Crippen LogP contribution in [0.2, 0.25) is 0 Å². The number of fused-ring (bicyclic) bond motifs is 1. The Kier molecular flexibility index (Phi) is 12.4. The van der Waals surface area contributed by atoms with Crippen LogP contribution in [0.4, 0.5) is 0 Å². The fourth-order valence-corrected chi connectivity index (χ4v) is 6.64. The molecule has 0 saturated heterocycles. The van der Waals surface area contributed by atoms with Crippen LogP contribution in [0.5, 0.6) is 0 Å². The van der Waals surface area contributed by atoms with Crippen molar-refractivity contribution in [2.45, 2.75) is 105 Å². The SMILES string of the molecule is C=C1[C@@H](OC(=O)C(C)C)[C@@H](OC(C)=O)C(=O)C(C)(C)/C=C\[C@H](C)[C@H](OC(=O)c2ccccc2)[C@@]2(O)C[C@H](C)[C@H](OC(C)=O)[C@@H]2[C@H]1OC(C)=O. The third kappa shape index (κ3) is 8.83. The number of carbonyl (C=O) groups is 6. The van der Waals surface area contributed by atoms with E-state index in [1.54, 1.807) is 78.0 Å². The lowest BCUT2D eigenvalue weighted by Crippen LogP contribution is -2.59. The van der Waals surface area contributed by atoms with Crippen LogP contribution >= 0.6 is 0 Å². The summed E-state index contributed by atoms with van der Waals surface area (Å²) in [5.41, 5.74) is -3.48. The van der Waals surface area contributed by atoms with Crippen molar-refractivity contribution in [1.82, 2.24) is 0 Å². The Morgan fingerprint density at radius 1 is 0.837 bits per heavy atom. The van der Waals surface area contributed by atoms with E-state index in [1.807, 2.05) is 0 Å². The first-order valence-electron chi connectivity index (χ1n) is 16.3. The first-order valence-corrected chi connectivity index (χ1v) is 16.3. The van der Waals surface area contributed by atoms with Gasteiger partial charge in [0.1, 0.15) is 23.9 Å². The molecule has 0 amide bonds. The molecule has 2 aliphatic rings. The van der Waals surface area contributed by atoms with Gasteiger partial charge in [-0.15, -0.1) is 0 Å². The summed E-state index contributed by atoms with van der Waals surface area (Å²) >= 11 is 0. The summed E-state index contributed by atoms with van der Waals surface area (Å²) < 4.78 is 29.1. The fourth-order valence-electron chi connectivity index (χ4n) is 6.64. The molecule has 49 heavy (non-hydrogen) atoms. The zero-order chi connectivity index (χ0) is 37.0. The summed E-state index contributed by atoms with van der Waals surface area (Å²) in [6, 6.07) is 8.13. The van der Waals surface area contributed by atoms with Crippen molar-refractivity contribution in [2.24, 2.45) is 29.1 Å². The van der Waals surface area contributed by atoms with Crippen molar-refractivity contribution in [3.05, 3.63) is 60.2 Å². The average molecular weight is 685 g/mol. The maximum Gasteiger partial charge on any atom is 0.338 e. The van der Waals surface area contributed by atoms with Gasteiger partial charge in [-0.3, -0.25) is 24.0 Å². The summed E-state index contributed by atoms with van der Waals surface area (Å²) in [6.07, 6.45) is -4.58. The smallest absolute Gasteiger partial charge is 0.338 e. The minimum atomic E-state index is -2.08. The molecule has 0 unspecified atom stereocenters. The van der Waals surface area contributed by atoms with E-state index in [2.05, 4.69) is 6.58 Å². The Labute approximate surface area is 287 Å². The van der Waals surface area contributed by atoms with Crippen molar-refractivity contribution < 1.29 is 57.6 Å². The maximum absolute atomic E-state index is 14.3. The van der Waals surface area contributed by atoms with Gasteiger partial charge in [-0.2, -0.15) is 0 Å². The van der Waals surface area contributed by atoms with Gasteiger partial charge in [-0.1, -0.05) is 64.6 Å². The fraction of sp³-hybridized carbons (Fsp3) is 0.568. The molecule has 0 bridgehead atoms. The van der Waals surface area contributed by atoms with Gasteiger partial charge in [-0.25, -0.2) is 4.79 Å². The summed E-state index contributed by atoms with van der Waals surface area (Å²) in [5.74, 6) is -8.11. The highest BCUT2D eigenvalue weighted by Gasteiger charge is 2.64. The highest BCUT2D eigenvalue weighted by molar-refractivity contribution is 5.93. The first kappa shape index (κ1) is 39.1. The molecule has 268 valence electrons. The van der Waals surface area contributed by atoms with Gasteiger partial charge in [0, 0.05) is 37.7 Å². The van der Waals surface area contributed by atoms with Gasteiger partial charge in [0.2, 0.25) is 6.10 Å². The van der Waals surface area contributed by atoms with Crippen LogP contribution in [0.3, 0.4) is 0 Å². The lowest BCUT2D eigenvalue weighted by atomic mass is 9.72. The number of Topliss-reactive ketones (excluding diaryl/α,β-unsaturated/α-hetero) is 1. The number of esters is 5. The summed E-state index contributed by atoms with van der Waals surface area (Å²) in [5, 5.41) is 12.9. The van der Waals surface area contributed by atoms with Crippen LogP contribution in [0.15, 0.2) is 54.6 Å². The quantitative estimate of drug-likeness (QED) is 0.246. The molecule has 0 radical (unpaired) electrons. The number of ether oxygens (including phenoxy) is 5. The number of allylic oxidation sites excluding steroid dienone is 1. The van der Waals surface area contributed by atoms with E-state index in [9.17, 15) is 33.9 Å². The van der Waals surface area contributed by atoms with Crippen LogP contribution in [0.1, 0.15) is 79.1 Å². The molecule has 12 heteroatoms. The molecular weight excluding hydrogens is 636 g/mol.